The molecule has 0 aromatic rings. The second kappa shape index (κ2) is 4.39. The van der Waals surface area contributed by atoms with Crippen LogP contribution in [0.15, 0.2) is 0 Å². The Bertz CT molecular complexity index is 295. The molecule has 0 amide bonds. The Morgan fingerprint density at radius 1 is 1.40 bits per heavy atom. The molecule has 2 heterocycles. The molecule has 2 saturated heterocycles. The standard InChI is InChI=1S/C10H20N2O2S/c1-14-6-2-5-12-9-3-4-10(12)8-15(11,13)7-9/h9-11H,2-8H2,1H3. The maximum Gasteiger partial charge on any atom is 0.0474 e. The summed E-state index contributed by atoms with van der Waals surface area (Å²) in [6, 6.07) is 0.816. The summed E-state index contributed by atoms with van der Waals surface area (Å²) in [7, 11) is -0.531. The fraction of sp³-hybridized carbons (Fsp3) is 1.00. The van der Waals surface area contributed by atoms with E-state index in [2.05, 4.69) is 4.90 Å². The van der Waals surface area contributed by atoms with Gasteiger partial charge in [-0.2, -0.15) is 0 Å². The number of hydrogen-bond acceptors (Lipinski definition) is 4. The van der Waals surface area contributed by atoms with Crippen molar-refractivity contribution in [3.63, 3.8) is 0 Å². The van der Waals surface area contributed by atoms with Crippen molar-refractivity contribution in [1.29, 1.82) is 4.78 Å². The fourth-order valence-corrected chi connectivity index (χ4v) is 4.91. The van der Waals surface area contributed by atoms with Gasteiger partial charge in [-0.15, -0.1) is 0 Å². The Morgan fingerprint density at radius 3 is 2.53 bits per heavy atom. The van der Waals surface area contributed by atoms with Gasteiger partial charge in [0.2, 0.25) is 0 Å². The van der Waals surface area contributed by atoms with Gasteiger partial charge in [0.05, 0.1) is 0 Å². The lowest BCUT2D eigenvalue weighted by atomic mass is 10.2. The van der Waals surface area contributed by atoms with Crippen molar-refractivity contribution in [1.82, 2.24) is 4.90 Å². The Morgan fingerprint density at radius 2 is 2.00 bits per heavy atom. The molecule has 0 aromatic heterocycles. The van der Waals surface area contributed by atoms with Gasteiger partial charge in [0.1, 0.15) is 0 Å². The topological polar surface area (TPSA) is 53.4 Å². The van der Waals surface area contributed by atoms with Crippen molar-refractivity contribution in [3.05, 3.63) is 0 Å². The van der Waals surface area contributed by atoms with E-state index in [0.29, 0.717) is 23.6 Å². The van der Waals surface area contributed by atoms with Crippen LogP contribution >= 0.6 is 0 Å². The molecule has 2 fully saturated rings. The van der Waals surface area contributed by atoms with Crippen molar-refractivity contribution in [2.24, 2.45) is 0 Å². The number of ether oxygens (including phenoxy) is 1. The van der Waals surface area contributed by atoms with E-state index in [9.17, 15) is 4.21 Å². The molecule has 2 rings (SSSR count). The minimum Gasteiger partial charge on any atom is -0.385 e. The van der Waals surface area contributed by atoms with Gasteiger partial charge >= 0.3 is 0 Å². The van der Waals surface area contributed by atoms with Gasteiger partial charge < -0.3 is 4.74 Å². The maximum atomic E-state index is 11.8. The van der Waals surface area contributed by atoms with E-state index < -0.39 is 9.73 Å². The second-order valence-electron chi connectivity index (χ2n) is 4.61. The average molecular weight is 232 g/mol. The molecule has 1 N–H and O–H groups in total. The van der Waals surface area contributed by atoms with Crippen molar-refractivity contribution >= 4 is 9.73 Å². The van der Waals surface area contributed by atoms with Crippen LogP contribution in [0.5, 0.6) is 0 Å². The lowest BCUT2D eigenvalue weighted by Gasteiger charge is -2.35. The Balaban J connectivity index is 1.93. The zero-order chi connectivity index (χ0) is 10.9. The minimum atomic E-state index is -2.26. The summed E-state index contributed by atoms with van der Waals surface area (Å²) in [5.74, 6) is 1.19. The van der Waals surface area contributed by atoms with Crippen molar-refractivity contribution in [2.45, 2.75) is 31.3 Å². The number of nitrogens with zero attached hydrogens (tertiary/aromatic N) is 1. The van der Waals surface area contributed by atoms with Crippen LogP contribution < -0.4 is 0 Å². The second-order valence-corrected chi connectivity index (χ2v) is 6.90. The van der Waals surface area contributed by atoms with E-state index in [4.69, 9.17) is 9.52 Å². The predicted molar refractivity (Wildman–Crippen MR) is 60.6 cm³/mol. The van der Waals surface area contributed by atoms with E-state index in [1.54, 1.807) is 7.11 Å². The summed E-state index contributed by atoms with van der Waals surface area (Å²) in [4.78, 5) is 2.46. The summed E-state index contributed by atoms with van der Waals surface area (Å²) in [6.45, 7) is 1.84. The minimum absolute atomic E-state index is 0.408. The van der Waals surface area contributed by atoms with Crippen molar-refractivity contribution < 1.29 is 8.95 Å². The molecule has 2 bridgehead atoms. The molecule has 2 aliphatic rings. The molecule has 4 nitrogen and oxygen atoms in total. The molecule has 15 heavy (non-hydrogen) atoms. The Hall–Kier alpha value is -0.130. The first kappa shape index (κ1) is 11.4. The van der Waals surface area contributed by atoms with Gasteiger partial charge in [0.25, 0.3) is 0 Å². The van der Waals surface area contributed by atoms with Gasteiger partial charge in [-0.1, -0.05) is 0 Å². The van der Waals surface area contributed by atoms with Crippen LogP contribution in [-0.2, 0) is 14.5 Å². The van der Waals surface area contributed by atoms with E-state index in [1.807, 2.05) is 0 Å². The van der Waals surface area contributed by atoms with Gasteiger partial charge in [0, 0.05) is 53.6 Å². The number of hydrogen-bond donors (Lipinski definition) is 1. The maximum absolute atomic E-state index is 11.8. The lowest BCUT2D eigenvalue weighted by Crippen LogP contribution is -2.48. The van der Waals surface area contributed by atoms with Gasteiger partial charge in [-0.3, -0.25) is 9.68 Å². The highest BCUT2D eigenvalue weighted by Gasteiger charge is 2.40. The number of fused-ring (bicyclic) bond motifs is 2. The highest BCUT2D eigenvalue weighted by atomic mass is 32.2. The van der Waals surface area contributed by atoms with Crippen LogP contribution in [0.25, 0.3) is 0 Å². The normalized spacial score (nSPS) is 40.9. The summed E-state index contributed by atoms with van der Waals surface area (Å²) in [5, 5.41) is 0. The van der Waals surface area contributed by atoms with Gasteiger partial charge in [-0.05, 0) is 19.3 Å². The SMILES string of the molecule is COCCCN1C2CCC1CS(=N)(=O)C2. The average Bonchev–Trinajstić information content (AvgIpc) is 2.42. The third kappa shape index (κ3) is 2.52. The van der Waals surface area contributed by atoms with E-state index in [1.165, 1.54) is 0 Å². The first-order chi connectivity index (χ1) is 7.12. The molecule has 0 aromatic carbocycles. The molecule has 2 aliphatic heterocycles. The molecule has 2 atom stereocenters. The van der Waals surface area contributed by atoms with Crippen LogP contribution in [0.4, 0.5) is 0 Å². The third-order valence-corrected chi connectivity index (χ3v) is 5.31. The van der Waals surface area contributed by atoms with Gasteiger partial charge in [-0.25, -0.2) is 4.21 Å². The summed E-state index contributed by atoms with van der Waals surface area (Å²) >= 11 is 0. The number of methoxy groups -OCH3 is 1. The summed E-state index contributed by atoms with van der Waals surface area (Å²) < 4.78 is 24.5. The lowest BCUT2D eigenvalue weighted by molar-refractivity contribution is 0.153. The molecule has 0 aliphatic carbocycles. The Labute approximate surface area is 92.0 Å². The Kier molecular flexibility index (Phi) is 3.33. The highest BCUT2D eigenvalue weighted by Crippen LogP contribution is 2.31. The van der Waals surface area contributed by atoms with Crippen LogP contribution in [0, 0.1) is 4.78 Å². The molecule has 2 unspecified atom stereocenters. The van der Waals surface area contributed by atoms with Crippen LogP contribution in [0.1, 0.15) is 19.3 Å². The van der Waals surface area contributed by atoms with E-state index >= 15 is 0 Å². The van der Waals surface area contributed by atoms with Gasteiger partial charge in [0.15, 0.2) is 0 Å². The molecule has 0 radical (unpaired) electrons. The predicted octanol–water partition coefficient (Wildman–Crippen LogP) is 0.916. The van der Waals surface area contributed by atoms with Crippen LogP contribution in [0.3, 0.4) is 0 Å². The zero-order valence-electron chi connectivity index (χ0n) is 9.28. The van der Waals surface area contributed by atoms with Crippen LogP contribution in [0.2, 0.25) is 0 Å². The summed E-state index contributed by atoms with van der Waals surface area (Å²) in [6.07, 6.45) is 3.31. The molecular weight excluding hydrogens is 212 g/mol. The molecule has 0 spiro atoms. The third-order valence-electron chi connectivity index (χ3n) is 3.46. The molecule has 5 heteroatoms. The number of rotatable bonds is 4. The van der Waals surface area contributed by atoms with Crippen molar-refractivity contribution in [3.8, 4) is 0 Å². The van der Waals surface area contributed by atoms with E-state index in [-0.39, 0.29) is 0 Å². The highest BCUT2D eigenvalue weighted by molar-refractivity contribution is 7.92. The monoisotopic (exact) mass is 232 g/mol. The summed E-state index contributed by atoms with van der Waals surface area (Å²) in [5.41, 5.74) is 0. The smallest absolute Gasteiger partial charge is 0.0474 e. The molecule has 0 saturated carbocycles. The molecule has 88 valence electrons. The largest absolute Gasteiger partial charge is 0.385 e. The first-order valence-electron chi connectivity index (χ1n) is 5.61. The zero-order valence-corrected chi connectivity index (χ0v) is 10.1. The fourth-order valence-electron chi connectivity index (χ4n) is 2.82. The first-order valence-corrected chi connectivity index (χ1v) is 7.51. The molecular formula is C10H20N2O2S. The number of nitrogens with one attached hydrogen (secondary N) is 1. The van der Waals surface area contributed by atoms with E-state index in [0.717, 1.165) is 32.4 Å². The van der Waals surface area contributed by atoms with Crippen molar-refractivity contribution in [2.75, 3.05) is 31.8 Å². The van der Waals surface area contributed by atoms with Crippen LogP contribution in [-0.4, -0.2) is 53.0 Å². The quantitative estimate of drug-likeness (QED) is 0.733.